The number of hydrogen-bond donors (Lipinski definition) is 3. The summed E-state index contributed by atoms with van der Waals surface area (Å²) >= 11 is 0. The number of pyridine rings is 1. The highest BCUT2D eigenvalue weighted by molar-refractivity contribution is 6.05. The minimum atomic E-state index is -0.241. The van der Waals surface area contributed by atoms with Gasteiger partial charge in [-0.3, -0.25) is 4.98 Å². The second-order valence-electron chi connectivity index (χ2n) is 7.12. The molecule has 1 saturated heterocycles. The Bertz CT molecular complexity index is 954. The van der Waals surface area contributed by atoms with Crippen molar-refractivity contribution in [1.82, 2.24) is 10.3 Å². The topological polar surface area (TPSA) is 66.1 Å². The van der Waals surface area contributed by atoms with E-state index in [0.717, 1.165) is 47.1 Å². The lowest BCUT2D eigenvalue weighted by Gasteiger charge is -2.11. The van der Waals surface area contributed by atoms with Gasteiger partial charge < -0.3 is 16.0 Å². The molecule has 1 aromatic heterocycles. The molecule has 3 aromatic rings. The molecular weight excluding hydrogens is 324 g/mol. The number of aromatic nitrogens is 1. The van der Waals surface area contributed by atoms with Crippen LogP contribution in [-0.4, -0.2) is 24.1 Å². The number of hydrogen-bond acceptors (Lipinski definition) is 3. The lowest BCUT2D eigenvalue weighted by Crippen LogP contribution is -2.19. The maximum Gasteiger partial charge on any atom is 0.323 e. The summed E-state index contributed by atoms with van der Waals surface area (Å²) in [4.78, 5) is 16.5. The molecule has 2 unspecified atom stereocenters. The highest BCUT2D eigenvalue weighted by Crippen LogP contribution is 2.55. The van der Waals surface area contributed by atoms with Crippen LogP contribution in [0.5, 0.6) is 0 Å². The van der Waals surface area contributed by atoms with Gasteiger partial charge in [0.05, 0.1) is 5.69 Å². The summed E-state index contributed by atoms with van der Waals surface area (Å²) in [5, 5.41) is 11.2. The van der Waals surface area contributed by atoms with Gasteiger partial charge in [-0.15, -0.1) is 0 Å². The van der Waals surface area contributed by atoms with Crippen molar-refractivity contribution in [2.24, 2.45) is 11.8 Å². The first-order chi connectivity index (χ1) is 12.8. The number of piperidine rings is 1. The van der Waals surface area contributed by atoms with Gasteiger partial charge in [0, 0.05) is 28.9 Å². The predicted octanol–water partition coefficient (Wildman–Crippen LogP) is 3.81. The molecule has 1 saturated carbocycles. The van der Waals surface area contributed by atoms with Crippen LogP contribution in [0.2, 0.25) is 0 Å². The van der Waals surface area contributed by atoms with E-state index < -0.39 is 0 Å². The maximum absolute atomic E-state index is 12.4. The largest absolute Gasteiger partial charge is 0.323 e. The third-order valence-corrected chi connectivity index (χ3v) is 5.57. The Morgan fingerprint density at radius 3 is 2.62 bits per heavy atom. The van der Waals surface area contributed by atoms with Crippen LogP contribution in [0, 0.1) is 11.8 Å². The monoisotopic (exact) mass is 344 g/mol. The van der Waals surface area contributed by atoms with E-state index in [1.165, 1.54) is 5.56 Å². The standard InChI is InChI=1S/C21H20N4O/c26-21(25-19-3-1-2-14-10-22-9-8-16(14)19)24-15-6-4-13(5-7-15)20-17-11-23-12-18(17)20/h1-10,17-18,20,23H,11-12H2,(H2,24,25,26). The van der Waals surface area contributed by atoms with Gasteiger partial charge in [-0.25, -0.2) is 4.79 Å². The van der Waals surface area contributed by atoms with Gasteiger partial charge in [0.25, 0.3) is 0 Å². The van der Waals surface area contributed by atoms with Gasteiger partial charge in [0.1, 0.15) is 0 Å². The van der Waals surface area contributed by atoms with Crippen LogP contribution in [0.15, 0.2) is 60.9 Å². The summed E-state index contributed by atoms with van der Waals surface area (Å²) in [6.07, 6.45) is 3.52. The third-order valence-electron chi connectivity index (χ3n) is 5.57. The van der Waals surface area contributed by atoms with Gasteiger partial charge in [-0.1, -0.05) is 24.3 Å². The summed E-state index contributed by atoms with van der Waals surface area (Å²) < 4.78 is 0. The molecular formula is C21H20N4O. The highest BCUT2D eigenvalue weighted by Gasteiger charge is 2.53. The van der Waals surface area contributed by atoms with Gasteiger partial charge in [-0.2, -0.15) is 0 Å². The van der Waals surface area contributed by atoms with E-state index in [-0.39, 0.29) is 6.03 Å². The maximum atomic E-state index is 12.4. The summed E-state index contributed by atoms with van der Waals surface area (Å²) in [5.41, 5.74) is 2.96. The van der Waals surface area contributed by atoms with Crippen molar-refractivity contribution in [3.8, 4) is 0 Å². The van der Waals surface area contributed by atoms with Crippen molar-refractivity contribution < 1.29 is 4.79 Å². The molecule has 26 heavy (non-hydrogen) atoms. The molecule has 5 rings (SSSR count). The van der Waals surface area contributed by atoms with E-state index in [4.69, 9.17) is 0 Å². The molecule has 2 amide bonds. The first-order valence-electron chi connectivity index (χ1n) is 9.01. The lowest BCUT2D eigenvalue weighted by molar-refractivity contribution is 0.262. The smallest absolute Gasteiger partial charge is 0.316 e. The van der Waals surface area contributed by atoms with Crippen LogP contribution in [-0.2, 0) is 0 Å². The molecule has 3 N–H and O–H groups in total. The molecule has 5 nitrogen and oxygen atoms in total. The van der Waals surface area contributed by atoms with E-state index in [0.29, 0.717) is 5.92 Å². The first-order valence-corrected chi connectivity index (χ1v) is 9.01. The number of rotatable bonds is 3. The van der Waals surface area contributed by atoms with E-state index in [2.05, 4.69) is 33.1 Å². The zero-order valence-corrected chi connectivity index (χ0v) is 14.3. The second kappa shape index (κ2) is 6.11. The van der Waals surface area contributed by atoms with Crippen molar-refractivity contribution in [3.63, 3.8) is 0 Å². The number of carbonyl (C=O) groups excluding carboxylic acids is 1. The van der Waals surface area contributed by atoms with E-state index in [9.17, 15) is 4.79 Å². The van der Waals surface area contributed by atoms with Crippen LogP contribution < -0.4 is 16.0 Å². The molecule has 1 aliphatic heterocycles. The Morgan fingerprint density at radius 2 is 1.81 bits per heavy atom. The van der Waals surface area contributed by atoms with Gasteiger partial charge >= 0.3 is 6.03 Å². The Hall–Kier alpha value is -2.92. The van der Waals surface area contributed by atoms with Crippen LogP contribution in [0.1, 0.15) is 11.5 Å². The molecule has 2 atom stereocenters. The molecule has 1 aliphatic carbocycles. The average molecular weight is 344 g/mol. The first kappa shape index (κ1) is 15.3. The van der Waals surface area contributed by atoms with Gasteiger partial charge in [-0.05, 0) is 60.7 Å². The fourth-order valence-electron chi connectivity index (χ4n) is 4.22. The number of fused-ring (bicyclic) bond motifs is 2. The minimum absolute atomic E-state index is 0.241. The molecule has 2 fully saturated rings. The van der Waals surface area contributed by atoms with Crippen LogP contribution in [0.25, 0.3) is 10.8 Å². The number of benzene rings is 2. The normalized spacial score (nSPS) is 23.5. The van der Waals surface area contributed by atoms with Gasteiger partial charge in [0.15, 0.2) is 0 Å². The predicted molar refractivity (Wildman–Crippen MR) is 103 cm³/mol. The number of nitrogens with one attached hydrogen (secondary N) is 3. The van der Waals surface area contributed by atoms with Crippen molar-refractivity contribution in [2.75, 3.05) is 23.7 Å². The Labute approximate surface area is 151 Å². The van der Waals surface area contributed by atoms with Gasteiger partial charge in [0.2, 0.25) is 0 Å². The van der Waals surface area contributed by atoms with Crippen molar-refractivity contribution in [1.29, 1.82) is 0 Å². The lowest BCUT2D eigenvalue weighted by atomic mass is 10.1. The third kappa shape index (κ3) is 2.70. The second-order valence-corrected chi connectivity index (χ2v) is 7.12. The van der Waals surface area contributed by atoms with E-state index in [1.54, 1.807) is 12.4 Å². The summed E-state index contributed by atoms with van der Waals surface area (Å²) in [6.45, 7) is 2.27. The van der Waals surface area contributed by atoms with Crippen molar-refractivity contribution >= 4 is 28.2 Å². The summed E-state index contributed by atoms with van der Waals surface area (Å²) in [5.74, 6) is 2.30. The van der Waals surface area contributed by atoms with Crippen molar-refractivity contribution in [3.05, 3.63) is 66.5 Å². The number of carbonyl (C=O) groups is 1. The zero-order chi connectivity index (χ0) is 17.5. The Morgan fingerprint density at radius 1 is 1.00 bits per heavy atom. The number of amides is 2. The van der Waals surface area contributed by atoms with Crippen molar-refractivity contribution in [2.45, 2.75) is 5.92 Å². The van der Waals surface area contributed by atoms with Crippen LogP contribution in [0.4, 0.5) is 16.2 Å². The zero-order valence-electron chi connectivity index (χ0n) is 14.3. The fraction of sp³-hybridized carbons (Fsp3) is 0.238. The molecule has 2 heterocycles. The van der Waals surface area contributed by atoms with E-state index in [1.807, 2.05) is 36.4 Å². The average Bonchev–Trinajstić information content (AvgIpc) is 3.14. The number of urea groups is 1. The van der Waals surface area contributed by atoms with Crippen LogP contribution >= 0.6 is 0 Å². The Kier molecular flexibility index (Phi) is 3.60. The fourth-order valence-corrected chi connectivity index (χ4v) is 4.22. The quantitative estimate of drug-likeness (QED) is 0.677. The molecule has 0 radical (unpaired) electrons. The van der Waals surface area contributed by atoms with E-state index >= 15 is 0 Å². The summed E-state index contributed by atoms with van der Waals surface area (Å²) in [6, 6.07) is 15.7. The molecule has 2 aliphatic rings. The molecule has 130 valence electrons. The molecule has 0 spiro atoms. The number of nitrogens with zero attached hydrogens (tertiary/aromatic N) is 1. The minimum Gasteiger partial charge on any atom is -0.316 e. The number of anilines is 2. The highest BCUT2D eigenvalue weighted by atomic mass is 16.2. The molecule has 2 aromatic carbocycles. The molecule has 5 heteroatoms. The van der Waals surface area contributed by atoms with Crippen LogP contribution in [0.3, 0.4) is 0 Å². The Balaban J connectivity index is 1.27. The summed E-state index contributed by atoms with van der Waals surface area (Å²) in [7, 11) is 0. The molecule has 0 bridgehead atoms. The SMILES string of the molecule is O=C(Nc1ccc(C2C3CNCC32)cc1)Nc1cccc2cnccc12.